The van der Waals surface area contributed by atoms with E-state index in [4.69, 9.17) is 4.74 Å². The van der Waals surface area contributed by atoms with Gasteiger partial charge in [-0.25, -0.2) is 9.78 Å². The van der Waals surface area contributed by atoms with Crippen molar-refractivity contribution >= 4 is 17.1 Å². The second kappa shape index (κ2) is 7.07. The van der Waals surface area contributed by atoms with Crippen LogP contribution in [0.1, 0.15) is 37.4 Å². The van der Waals surface area contributed by atoms with Gasteiger partial charge in [0.1, 0.15) is 12.4 Å². The van der Waals surface area contributed by atoms with E-state index in [2.05, 4.69) is 15.3 Å². The van der Waals surface area contributed by atoms with Crippen LogP contribution in [0, 0.1) is 13.8 Å². The molecule has 3 rings (SSSR count). The summed E-state index contributed by atoms with van der Waals surface area (Å²) in [5.74, 6) is -0.459. The number of esters is 1. The molecule has 0 spiro atoms. The van der Waals surface area contributed by atoms with Gasteiger partial charge in [0.05, 0.1) is 12.3 Å². The largest absolute Gasteiger partial charge is 0.464 e. The number of benzene rings is 1. The number of fused-ring (bicyclic) bond motifs is 1. The average Bonchev–Trinajstić information content (AvgIpc) is 3.05. The molecule has 2 aromatic heterocycles. The second-order valence-electron chi connectivity index (χ2n) is 6.08. The van der Waals surface area contributed by atoms with Crippen LogP contribution in [0.15, 0.2) is 29.3 Å². The van der Waals surface area contributed by atoms with Gasteiger partial charge in [-0.2, -0.15) is 4.68 Å². The molecule has 2 heterocycles. The third-order valence-corrected chi connectivity index (χ3v) is 4.40. The molecule has 26 heavy (non-hydrogen) atoms. The van der Waals surface area contributed by atoms with Gasteiger partial charge >= 0.3 is 5.97 Å². The van der Waals surface area contributed by atoms with Crippen molar-refractivity contribution < 1.29 is 9.53 Å². The quantitative estimate of drug-likeness (QED) is 0.651. The van der Waals surface area contributed by atoms with E-state index in [9.17, 15) is 9.59 Å². The summed E-state index contributed by atoms with van der Waals surface area (Å²) in [5, 5.41) is 8.07. The van der Waals surface area contributed by atoms with Crippen LogP contribution < -0.4 is 5.56 Å². The van der Waals surface area contributed by atoms with Gasteiger partial charge in [-0.05, 0) is 50.5 Å². The van der Waals surface area contributed by atoms with Gasteiger partial charge < -0.3 is 4.74 Å². The Morgan fingerprint density at radius 1 is 1.23 bits per heavy atom. The highest BCUT2D eigenvalue weighted by Crippen LogP contribution is 2.17. The molecule has 1 unspecified atom stereocenters. The highest BCUT2D eigenvalue weighted by molar-refractivity contribution is 5.75. The Balaban J connectivity index is 2.10. The van der Waals surface area contributed by atoms with E-state index in [0.29, 0.717) is 12.1 Å². The molecule has 0 saturated heterocycles. The molecule has 1 aromatic carbocycles. The zero-order valence-corrected chi connectivity index (χ0v) is 15.3. The number of hydrogen-bond acceptors (Lipinski definition) is 6. The molecule has 8 nitrogen and oxygen atoms in total. The minimum absolute atomic E-state index is 0.119. The number of carbonyl (C=O) groups excluding carboxylic acids is 1. The van der Waals surface area contributed by atoms with E-state index in [1.54, 1.807) is 6.92 Å². The minimum Gasteiger partial charge on any atom is -0.464 e. The van der Waals surface area contributed by atoms with E-state index in [-0.39, 0.29) is 12.1 Å². The predicted molar refractivity (Wildman–Crippen MR) is 96.4 cm³/mol. The first-order valence-corrected chi connectivity index (χ1v) is 8.54. The fourth-order valence-corrected chi connectivity index (χ4v) is 2.79. The molecule has 0 N–H and O–H groups in total. The molecule has 0 aliphatic heterocycles. The monoisotopic (exact) mass is 355 g/mol. The normalized spacial score (nSPS) is 12.3. The lowest BCUT2D eigenvalue weighted by Crippen LogP contribution is -2.31. The minimum atomic E-state index is -0.730. The summed E-state index contributed by atoms with van der Waals surface area (Å²) in [7, 11) is 0. The highest BCUT2D eigenvalue weighted by atomic mass is 16.5. The smallest absolute Gasteiger partial charge is 0.329 e. The van der Waals surface area contributed by atoms with Crippen molar-refractivity contribution in [3.63, 3.8) is 0 Å². The molecule has 0 radical (unpaired) electrons. The molecule has 0 fully saturated rings. The van der Waals surface area contributed by atoms with Crippen LogP contribution in [0.2, 0.25) is 0 Å². The first kappa shape index (κ1) is 17.8. The van der Waals surface area contributed by atoms with Gasteiger partial charge in [0.15, 0.2) is 11.2 Å². The van der Waals surface area contributed by atoms with E-state index in [1.165, 1.54) is 15.6 Å². The molecule has 0 saturated carbocycles. The summed E-state index contributed by atoms with van der Waals surface area (Å²) < 4.78 is 7.84. The predicted octanol–water partition coefficient (Wildman–Crippen LogP) is 2.11. The number of ether oxygens (including phenoxy) is 1. The molecule has 136 valence electrons. The molecule has 0 bridgehead atoms. The van der Waals surface area contributed by atoms with Crippen LogP contribution in [0.4, 0.5) is 0 Å². The Morgan fingerprint density at radius 3 is 2.65 bits per heavy atom. The summed E-state index contributed by atoms with van der Waals surface area (Å²) in [6.45, 7) is 7.82. The molecule has 0 amide bonds. The Morgan fingerprint density at radius 2 is 2.00 bits per heavy atom. The average molecular weight is 355 g/mol. The Hall–Kier alpha value is -3.03. The number of aryl methyl sites for hydroxylation is 2. The van der Waals surface area contributed by atoms with Gasteiger partial charge in [0.2, 0.25) is 0 Å². The van der Waals surface area contributed by atoms with Crippen LogP contribution >= 0.6 is 0 Å². The number of rotatable bonds is 5. The molecule has 8 heteroatoms. The van der Waals surface area contributed by atoms with Gasteiger partial charge in [0, 0.05) is 0 Å². The second-order valence-corrected chi connectivity index (χ2v) is 6.08. The molecular formula is C18H21N5O3. The first-order chi connectivity index (χ1) is 12.5. The van der Waals surface area contributed by atoms with Gasteiger partial charge in [0.25, 0.3) is 5.56 Å². The van der Waals surface area contributed by atoms with Crippen molar-refractivity contribution in [2.75, 3.05) is 6.61 Å². The lowest BCUT2D eigenvalue weighted by molar-refractivity contribution is -0.147. The SMILES string of the molecule is CCOC(=O)C(CC)n1cnc2c(nnn2-c2ccc(C)c(C)c2)c1=O. The van der Waals surface area contributed by atoms with E-state index < -0.39 is 17.6 Å². The maximum Gasteiger partial charge on any atom is 0.329 e. The number of nitrogens with zero attached hydrogens (tertiary/aromatic N) is 5. The Kier molecular flexibility index (Phi) is 4.83. The molecule has 1 atom stereocenters. The summed E-state index contributed by atoms with van der Waals surface area (Å²) in [5.41, 5.74) is 3.10. The van der Waals surface area contributed by atoms with Crippen LogP contribution in [0.25, 0.3) is 16.9 Å². The van der Waals surface area contributed by atoms with E-state index in [1.807, 2.05) is 39.0 Å². The standard InChI is InChI=1S/C18H21N5O3/c1-5-14(18(25)26-6-2)22-10-19-16-15(17(22)24)20-21-23(16)13-8-7-11(3)12(4)9-13/h7-10,14H,5-6H2,1-4H3. The molecular weight excluding hydrogens is 334 g/mol. The van der Waals surface area contributed by atoms with Gasteiger partial charge in [-0.3, -0.25) is 9.36 Å². The van der Waals surface area contributed by atoms with Crippen molar-refractivity contribution in [2.24, 2.45) is 0 Å². The maximum absolute atomic E-state index is 12.8. The van der Waals surface area contributed by atoms with Crippen molar-refractivity contribution in [1.29, 1.82) is 0 Å². The molecule has 3 aromatic rings. The van der Waals surface area contributed by atoms with Crippen molar-refractivity contribution in [3.05, 3.63) is 46.0 Å². The van der Waals surface area contributed by atoms with Crippen molar-refractivity contribution in [2.45, 2.75) is 40.2 Å². The van der Waals surface area contributed by atoms with Gasteiger partial charge in [-0.15, -0.1) is 5.10 Å². The zero-order valence-electron chi connectivity index (χ0n) is 15.3. The fraction of sp³-hybridized carbons (Fsp3) is 0.389. The third kappa shape index (κ3) is 2.98. The lowest BCUT2D eigenvalue weighted by Gasteiger charge is -2.15. The summed E-state index contributed by atoms with van der Waals surface area (Å²) in [6.07, 6.45) is 1.77. The zero-order chi connectivity index (χ0) is 18.8. The van der Waals surface area contributed by atoms with E-state index in [0.717, 1.165) is 16.8 Å². The molecule has 0 aliphatic rings. The van der Waals surface area contributed by atoms with Gasteiger partial charge in [-0.1, -0.05) is 18.2 Å². The van der Waals surface area contributed by atoms with Crippen LogP contribution in [0.3, 0.4) is 0 Å². The summed E-state index contributed by atoms with van der Waals surface area (Å²) in [4.78, 5) is 29.2. The maximum atomic E-state index is 12.8. The summed E-state index contributed by atoms with van der Waals surface area (Å²) in [6, 6.07) is 5.11. The number of aromatic nitrogens is 5. The van der Waals surface area contributed by atoms with Crippen molar-refractivity contribution in [3.8, 4) is 5.69 Å². The van der Waals surface area contributed by atoms with E-state index >= 15 is 0 Å². The molecule has 0 aliphatic carbocycles. The van der Waals surface area contributed by atoms with Crippen LogP contribution in [-0.4, -0.2) is 37.1 Å². The third-order valence-electron chi connectivity index (χ3n) is 4.40. The van der Waals surface area contributed by atoms with Crippen molar-refractivity contribution in [1.82, 2.24) is 24.5 Å². The number of carbonyl (C=O) groups is 1. The Labute approximate surface area is 150 Å². The highest BCUT2D eigenvalue weighted by Gasteiger charge is 2.23. The first-order valence-electron chi connectivity index (χ1n) is 8.54. The summed E-state index contributed by atoms with van der Waals surface area (Å²) >= 11 is 0. The topological polar surface area (TPSA) is 91.9 Å². The lowest BCUT2D eigenvalue weighted by atomic mass is 10.1. The van der Waals surface area contributed by atoms with Crippen LogP contribution in [0.5, 0.6) is 0 Å². The Bertz CT molecular complexity index is 1020. The number of hydrogen-bond donors (Lipinski definition) is 0. The fourth-order valence-electron chi connectivity index (χ4n) is 2.79. The van der Waals surface area contributed by atoms with Crippen LogP contribution in [-0.2, 0) is 9.53 Å².